The number of halogens is 3. The van der Waals surface area contributed by atoms with Crippen LogP contribution in [-0.2, 0) is 16.2 Å². The third kappa shape index (κ3) is 6.07. The number of carbonyl (C=O) groups excluding carboxylic acids is 1. The maximum atomic E-state index is 12.4. The van der Waals surface area contributed by atoms with Crippen LogP contribution in [0.25, 0.3) is 17.3 Å². The summed E-state index contributed by atoms with van der Waals surface area (Å²) in [4.78, 5) is 21.6. The van der Waals surface area contributed by atoms with Crippen LogP contribution in [0.1, 0.15) is 16.7 Å². The molecule has 2 heterocycles. The van der Waals surface area contributed by atoms with Gasteiger partial charge in [-0.05, 0) is 53.6 Å². The second kappa shape index (κ2) is 10.6. The Bertz CT molecular complexity index is 1480. The van der Waals surface area contributed by atoms with Gasteiger partial charge in [-0.15, -0.1) is 13.2 Å². The van der Waals surface area contributed by atoms with Crippen molar-refractivity contribution in [3.8, 4) is 22.8 Å². The lowest BCUT2D eigenvalue weighted by Gasteiger charge is -2.10. The SMILES string of the molecule is O=C1ON=C(c2ccc(-c3ccccn3)cc2)/C1=C/c1ccc(OCc2ccc(OC(F)(F)F)cc2)cc1. The molecule has 6 nitrogen and oxygen atoms in total. The summed E-state index contributed by atoms with van der Waals surface area (Å²) < 4.78 is 46.4. The van der Waals surface area contributed by atoms with Gasteiger partial charge in [0.05, 0.1) is 11.3 Å². The number of nitrogens with zero attached hydrogens (tertiary/aromatic N) is 2. The molecule has 1 aliphatic rings. The first-order valence-electron chi connectivity index (χ1n) is 11.4. The molecule has 0 bridgehead atoms. The zero-order valence-electron chi connectivity index (χ0n) is 19.7. The number of pyridine rings is 1. The molecule has 3 aromatic carbocycles. The highest BCUT2D eigenvalue weighted by atomic mass is 19.4. The summed E-state index contributed by atoms with van der Waals surface area (Å²) in [6.07, 6.45) is -1.33. The van der Waals surface area contributed by atoms with Crippen LogP contribution in [0.4, 0.5) is 13.2 Å². The van der Waals surface area contributed by atoms with Crippen molar-refractivity contribution in [1.82, 2.24) is 4.98 Å². The Morgan fingerprint density at radius 1 is 0.816 bits per heavy atom. The van der Waals surface area contributed by atoms with E-state index in [2.05, 4.69) is 14.9 Å². The lowest BCUT2D eigenvalue weighted by molar-refractivity contribution is -0.274. The van der Waals surface area contributed by atoms with Gasteiger partial charge >= 0.3 is 12.3 Å². The van der Waals surface area contributed by atoms with Gasteiger partial charge in [0, 0.05) is 17.3 Å². The minimum Gasteiger partial charge on any atom is -0.489 e. The molecule has 9 heteroatoms. The average molecular weight is 516 g/mol. The second-order valence-electron chi connectivity index (χ2n) is 8.22. The van der Waals surface area contributed by atoms with Crippen molar-refractivity contribution in [2.45, 2.75) is 13.0 Å². The third-order valence-electron chi connectivity index (χ3n) is 5.57. The van der Waals surface area contributed by atoms with E-state index in [1.54, 1.807) is 36.5 Å². The first-order chi connectivity index (χ1) is 18.3. The van der Waals surface area contributed by atoms with E-state index >= 15 is 0 Å². The molecule has 0 fully saturated rings. The van der Waals surface area contributed by atoms with Gasteiger partial charge in [0.2, 0.25) is 0 Å². The fourth-order valence-electron chi connectivity index (χ4n) is 3.73. The summed E-state index contributed by atoms with van der Waals surface area (Å²) in [6, 6.07) is 25.7. The molecule has 0 radical (unpaired) electrons. The molecule has 0 unspecified atom stereocenters. The smallest absolute Gasteiger partial charge is 0.489 e. The number of benzene rings is 3. The minimum absolute atomic E-state index is 0.157. The van der Waals surface area contributed by atoms with E-state index in [0.717, 1.165) is 22.4 Å². The number of hydrogen-bond acceptors (Lipinski definition) is 6. The Morgan fingerprint density at radius 3 is 2.16 bits per heavy atom. The number of ether oxygens (including phenoxy) is 2. The maximum absolute atomic E-state index is 12.4. The van der Waals surface area contributed by atoms with Crippen LogP contribution in [-0.4, -0.2) is 23.0 Å². The predicted octanol–water partition coefficient (Wildman–Crippen LogP) is 6.57. The van der Waals surface area contributed by atoms with Crippen LogP contribution in [0.15, 0.2) is 108 Å². The fourth-order valence-corrected chi connectivity index (χ4v) is 3.73. The summed E-state index contributed by atoms with van der Waals surface area (Å²) >= 11 is 0. The van der Waals surface area contributed by atoms with Crippen LogP contribution in [0.2, 0.25) is 0 Å². The van der Waals surface area contributed by atoms with Crippen molar-refractivity contribution in [2.75, 3.05) is 0 Å². The number of oxime groups is 1. The molecule has 190 valence electrons. The fraction of sp³-hybridized carbons (Fsp3) is 0.0690. The Kier molecular flexibility index (Phi) is 6.90. The monoisotopic (exact) mass is 516 g/mol. The summed E-state index contributed by atoms with van der Waals surface area (Å²) in [5, 5.41) is 3.96. The van der Waals surface area contributed by atoms with Gasteiger partial charge in [-0.25, -0.2) is 4.79 Å². The van der Waals surface area contributed by atoms with Crippen molar-refractivity contribution < 1.29 is 32.3 Å². The highest BCUT2D eigenvalue weighted by Gasteiger charge is 2.31. The zero-order chi connectivity index (χ0) is 26.5. The van der Waals surface area contributed by atoms with Crippen molar-refractivity contribution in [3.63, 3.8) is 0 Å². The quantitative estimate of drug-likeness (QED) is 0.205. The topological polar surface area (TPSA) is 70.0 Å². The molecule has 0 amide bonds. The van der Waals surface area contributed by atoms with Crippen molar-refractivity contribution in [2.24, 2.45) is 5.16 Å². The molecule has 0 N–H and O–H groups in total. The average Bonchev–Trinajstić information content (AvgIpc) is 3.28. The number of hydrogen-bond donors (Lipinski definition) is 0. The summed E-state index contributed by atoms with van der Waals surface area (Å²) in [6.45, 7) is 0.157. The summed E-state index contributed by atoms with van der Waals surface area (Å²) in [7, 11) is 0. The standard InChI is InChI=1S/C29H19F3N2O4/c30-29(31,32)37-24-14-6-20(7-15-24)18-36-23-12-4-19(5-13-23)17-25-27(34-38-28(25)35)22-10-8-21(9-11-22)26-3-1-2-16-33-26/h1-17H,18H2/b25-17-. The Hall–Kier alpha value is -4.92. The Morgan fingerprint density at radius 2 is 1.50 bits per heavy atom. The number of alkyl halides is 3. The number of rotatable bonds is 7. The van der Waals surface area contributed by atoms with Gasteiger partial charge in [-0.2, -0.15) is 0 Å². The normalized spacial score (nSPS) is 14.2. The molecule has 1 aliphatic heterocycles. The molecule has 0 saturated carbocycles. The van der Waals surface area contributed by atoms with Gasteiger partial charge in [0.15, 0.2) is 0 Å². The van der Waals surface area contributed by atoms with Crippen molar-refractivity contribution >= 4 is 17.8 Å². The predicted molar refractivity (Wildman–Crippen MR) is 134 cm³/mol. The van der Waals surface area contributed by atoms with Crippen molar-refractivity contribution in [3.05, 3.63) is 119 Å². The van der Waals surface area contributed by atoms with Crippen LogP contribution in [0, 0.1) is 0 Å². The van der Waals surface area contributed by atoms with Crippen LogP contribution in [0.3, 0.4) is 0 Å². The first kappa shape index (κ1) is 24.8. The third-order valence-corrected chi connectivity index (χ3v) is 5.57. The number of carbonyl (C=O) groups is 1. The van der Waals surface area contributed by atoms with Crippen LogP contribution >= 0.6 is 0 Å². The van der Waals surface area contributed by atoms with Gasteiger partial charge in [-0.3, -0.25) is 4.98 Å². The molecule has 4 aromatic rings. The number of aromatic nitrogens is 1. The maximum Gasteiger partial charge on any atom is 0.573 e. The van der Waals surface area contributed by atoms with Gasteiger partial charge in [0.1, 0.15) is 23.8 Å². The minimum atomic E-state index is -4.73. The van der Waals surface area contributed by atoms with Gasteiger partial charge < -0.3 is 14.3 Å². The molecule has 5 rings (SSSR count). The lowest BCUT2D eigenvalue weighted by atomic mass is 9.99. The van der Waals surface area contributed by atoms with Gasteiger partial charge in [-0.1, -0.05) is 59.8 Å². The Labute approximate surface area is 215 Å². The highest BCUT2D eigenvalue weighted by Crippen LogP contribution is 2.25. The molecule has 0 spiro atoms. The molecule has 0 saturated heterocycles. The highest BCUT2D eigenvalue weighted by molar-refractivity contribution is 6.31. The van der Waals surface area contributed by atoms with E-state index in [9.17, 15) is 18.0 Å². The Balaban J connectivity index is 1.24. The molecule has 38 heavy (non-hydrogen) atoms. The molecule has 1 aromatic heterocycles. The van der Waals surface area contributed by atoms with E-state index < -0.39 is 12.3 Å². The summed E-state index contributed by atoms with van der Waals surface area (Å²) in [5.41, 5.74) is 4.67. The largest absolute Gasteiger partial charge is 0.573 e. The van der Waals surface area contributed by atoms with Gasteiger partial charge in [0.25, 0.3) is 0 Å². The van der Waals surface area contributed by atoms with E-state index in [-0.39, 0.29) is 12.4 Å². The molecular weight excluding hydrogens is 497 g/mol. The van der Waals surface area contributed by atoms with Crippen LogP contribution < -0.4 is 9.47 Å². The molecule has 0 aliphatic carbocycles. The molecule has 0 atom stereocenters. The van der Waals surface area contributed by atoms with Crippen molar-refractivity contribution in [1.29, 1.82) is 0 Å². The molecular formula is C29H19F3N2O4. The first-order valence-corrected chi connectivity index (χ1v) is 11.4. The van der Waals surface area contributed by atoms with E-state index in [0.29, 0.717) is 22.6 Å². The zero-order valence-corrected chi connectivity index (χ0v) is 19.7. The van der Waals surface area contributed by atoms with E-state index in [1.165, 1.54) is 24.3 Å². The lowest BCUT2D eigenvalue weighted by Crippen LogP contribution is -2.17. The van der Waals surface area contributed by atoms with E-state index in [4.69, 9.17) is 9.57 Å². The second-order valence-corrected chi connectivity index (χ2v) is 8.22. The summed E-state index contributed by atoms with van der Waals surface area (Å²) in [5.74, 6) is -0.293. The van der Waals surface area contributed by atoms with Crippen LogP contribution in [0.5, 0.6) is 11.5 Å². The van der Waals surface area contributed by atoms with E-state index in [1.807, 2.05) is 42.5 Å².